The highest BCUT2D eigenvalue weighted by atomic mass is 16.4. The van der Waals surface area contributed by atoms with Gasteiger partial charge in [-0.3, -0.25) is 14.4 Å². The second-order valence-corrected chi connectivity index (χ2v) is 3.01. The average molecular weight is 172 g/mol. The number of Topliss-reactive ketones (excluding diaryl/α,β-unsaturated/α-hetero) is 2. The van der Waals surface area contributed by atoms with E-state index in [9.17, 15) is 14.4 Å². The molecule has 0 amide bonds. The Hall–Kier alpha value is -1.19. The summed E-state index contributed by atoms with van der Waals surface area (Å²) in [7, 11) is 0. The maximum Gasteiger partial charge on any atom is 0.304 e. The minimum absolute atomic E-state index is 0.405. The van der Waals surface area contributed by atoms with E-state index in [0.29, 0.717) is 0 Å². The molecule has 4 heteroatoms. The number of carboxylic acids is 1. The summed E-state index contributed by atoms with van der Waals surface area (Å²) in [5, 5.41) is 8.44. The lowest BCUT2D eigenvalue weighted by atomic mass is 9.79. The van der Waals surface area contributed by atoms with Crippen molar-refractivity contribution in [3.63, 3.8) is 0 Å². The van der Waals surface area contributed by atoms with Crippen molar-refractivity contribution in [3.05, 3.63) is 0 Å². The third kappa shape index (κ3) is 2.15. The van der Waals surface area contributed by atoms with E-state index in [-0.39, 0.29) is 0 Å². The molecule has 0 fully saturated rings. The predicted octanol–water partition coefficient (Wildman–Crippen LogP) is 0.645. The van der Waals surface area contributed by atoms with Gasteiger partial charge in [0.2, 0.25) is 0 Å². The van der Waals surface area contributed by atoms with Gasteiger partial charge in [-0.05, 0) is 20.8 Å². The molecule has 4 nitrogen and oxygen atoms in total. The van der Waals surface area contributed by atoms with Crippen molar-refractivity contribution in [2.24, 2.45) is 5.41 Å². The number of rotatable bonds is 4. The van der Waals surface area contributed by atoms with Gasteiger partial charge >= 0.3 is 5.97 Å². The summed E-state index contributed by atoms with van der Waals surface area (Å²) in [4.78, 5) is 32.2. The van der Waals surface area contributed by atoms with Crippen LogP contribution >= 0.6 is 0 Å². The van der Waals surface area contributed by atoms with Crippen molar-refractivity contribution in [2.75, 3.05) is 0 Å². The second kappa shape index (κ2) is 3.47. The molecule has 0 atom stereocenters. The van der Waals surface area contributed by atoms with Crippen molar-refractivity contribution >= 4 is 17.5 Å². The summed E-state index contributed by atoms with van der Waals surface area (Å²) in [6.07, 6.45) is -0.433. The number of ketones is 2. The van der Waals surface area contributed by atoms with E-state index in [1.165, 1.54) is 20.8 Å². The van der Waals surface area contributed by atoms with Crippen LogP contribution in [0.2, 0.25) is 0 Å². The standard InChI is InChI=1S/C8H12O4/c1-5(9)8(3,6(2)10)4-7(11)12/h4H2,1-3H3,(H,11,12). The Morgan fingerprint density at radius 3 is 1.58 bits per heavy atom. The molecule has 0 saturated heterocycles. The third-order valence-corrected chi connectivity index (χ3v) is 2.06. The van der Waals surface area contributed by atoms with Crippen molar-refractivity contribution in [1.82, 2.24) is 0 Å². The summed E-state index contributed by atoms with van der Waals surface area (Å²) in [5.41, 5.74) is -1.36. The molecule has 12 heavy (non-hydrogen) atoms. The van der Waals surface area contributed by atoms with Crippen LogP contribution in [-0.2, 0) is 14.4 Å². The van der Waals surface area contributed by atoms with E-state index in [1.807, 2.05) is 0 Å². The Morgan fingerprint density at radius 1 is 1.17 bits per heavy atom. The fraction of sp³-hybridized carbons (Fsp3) is 0.625. The maximum absolute atomic E-state index is 11.0. The zero-order chi connectivity index (χ0) is 9.94. The van der Waals surface area contributed by atoms with Crippen LogP contribution in [0, 0.1) is 5.41 Å². The first kappa shape index (κ1) is 10.8. The van der Waals surface area contributed by atoms with Gasteiger partial charge in [0, 0.05) is 0 Å². The van der Waals surface area contributed by atoms with Gasteiger partial charge in [0.1, 0.15) is 11.6 Å². The third-order valence-electron chi connectivity index (χ3n) is 2.06. The molecule has 0 aliphatic rings. The number of carbonyl (C=O) groups excluding carboxylic acids is 2. The van der Waals surface area contributed by atoms with Crippen molar-refractivity contribution in [3.8, 4) is 0 Å². The zero-order valence-corrected chi connectivity index (χ0v) is 7.38. The second-order valence-electron chi connectivity index (χ2n) is 3.01. The van der Waals surface area contributed by atoms with Crippen LogP contribution in [0.4, 0.5) is 0 Å². The van der Waals surface area contributed by atoms with Crippen molar-refractivity contribution < 1.29 is 19.5 Å². The van der Waals surface area contributed by atoms with E-state index < -0.39 is 29.4 Å². The average Bonchev–Trinajstić information content (AvgIpc) is 1.84. The molecule has 0 bridgehead atoms. The van der Waals surface area contributed by atoms with Gasteiger partial charge in [-0.2, -0.15) is 0 Å². The minimum atomic E-state index is -1.36. The van der Waals surface area contributed by atoms with E-state index in [4.69, 9.17) is 5.11 Å². The number of carboxylic acid groups (broad SMARTS) is 1. The molecule has 0 aromatic heterocycles. The first-order valence-corrected chi connectivity index (χ1v) is 3.54. The lowest BCUT2D eigenvalue weighted by Crippen LogP contribution is -2.35. The number of hydrogen-bond acceptors (Lipinski definition) is 3. The Kier molecular flexibility index (Phi) is 3.13. The summed E-state index contributed by atoms with van der Waals surface area (Å²) < 4.78 is 0. The predicted molar refractivity (Wildman–Crippen MR) is 41.7 cm³/mol. The molecule has 0 rings (SSSR count). The van der Waals surface area contributed by atoms with Crippen LogP contribution in [0.5, 0.6) is 0 Å². The summed E-state index contributed by atoms with van der Waals surface area (Å²) in [6, 6.07) is 0. The molecule has 1 N–H and O–H groups in total. The van der Waals surface area contributed by atoms with Gasteiger partial charge in [-0.1, -0.05) is 0 Å². The van der Waals surface area contributed by atoms with E-state index in [1.54, 1.807) is 0 Å². The number of aliphatic carboxylic acids is 1. The minimum Gasteiger partial charge on any atom is -0.481 e. The van der Waals surface area contributed by atoms with Gasteiger partial charge in [0.15, 0.2) is 0 Å². The molecular weight excluding hydrogens is 160 g/mol. The molecule has 68 valence electrons. The fourth-order valence-corrected chi connectivity index (χ4v) is 0.799. The zero-order valence-electron chi connectivity index (χ0n) is 7.38. The summed E-state index contributed by atoms with van der Waals surface area (Å²) >= 11 is 0. The maximum atomic E-state index is 11.0. The molecule has 0 aromatic carbocycles. The first-order valence-electron chi connectivity index (χ1n) is 3.54. The Labute approximate surface area is 70.6 Å². The van der Waals surface area contributed by atoms with Crippen molar-refractivity contribution in [1.29, 1.82) is 0 Å². The molecule has 0 saturated carbocycles. The van der Waals surface area contributed by atoms with Crippen molar-refractivity contribution in [2.45, 2.75) is 27.2 Å². The summed E-state index contributed by atoms with van der Waals surface area (Å²) in [6.45, 7) is 3.81. The SMILES string of the molecule is CC(=O)C(C)(CC(=O)O)C(C)=O. The molecule has 0 unspecified atom stereocenters. The van der Waals surface area contributed by atoms with Gasteiger partial charge in [-0.25, -0.2) is 0 Å². The first-order chi connectivity index (χ1) is 5.30. The van der Waals surface area contributed by atoms with E-state index in [2.05, 4.69) is 0 Å². The molecule has 0 aliphatic carbocycles. The molecule has 0 aliphatic heterocycles. The van der Waals surface area contributed by atoms with Gasteiger partial charge < -0.3 is 5.11 Å². The monoisotopic (exact) mass is 172 g/mol. The number of carbonyl (C=O) groups is 3. The topological polar surface area (TPSA) is 71.4 Å². The number of hydrogen-bond donors (Lipinski definition) is 1. The Morgan fingerprint density at radius 2 is 1.50 bits per heavy atom. The van der Waals surface area contributed by atoms with Gasteiger partial charge in [0.05, 0.1) is 11.8 Å². The quantitative estimate of drug-likeness (QED) is 0.632. The molecule has 0 radical (unpaired) electrons. The largest absolute Gasteiger partial charge is 0.481 e. The Balaban J connectivity index is 4.75. The molecular formula is C8H12O4. The van der Waals surface area contributed by atoms with Crippen LogP contribution in [0.25, 0.3) is 0 Å². The smallest absolute Gasteiger partial charge is 0.304 e. The van der Waals surface area contributed by atoms with Crippen LogP contribution in [-0.4, -0.2) is 22.6 Å². The van der Waals surface area contributed by atoms with Gasteiger partial charge in [0.25, 0.3) is 0 Å². The molecule has 0 aromatic rings. The van der Waals surface area contributed by atoms with Crippen LogP contribution in [0.3, 0.4) is 0 Å². The molecule has 0 spiro atoms. The molecule has 0 heterocycles. The van der Waals surface area contributed by atoms with Crippen LogP contribution in [0.1, 0.15) is 27.2 Å². The summed E-state index contributed by atoms with van der Waals surface area (Å²) in [5.74, 6) is -1.95. The van der Waals surface area contributed by atoms with Gasteiger partial charge in [-0.15, -0.1) is 0 Å². The Bertz CT molecular complexity index is 215. The van der Waals surface area contributed by atoms with Crippen LogP contribution < -0.4 is 0 Å². The van der Waals surface area contributed by atoms with E-state index in [0.717, 1.165) is 0 Å². The van der Waals surface area contributed by atoms with Crippen LogP contribution in [0.15, 0.2) is 0 Å². The normalized spacial score (nSPS) is 10.9. The lowest BCUT2D eigenvalue weighted by molar-refractivity contribution is -0.148. The van der Waals surface area contributed by atoms with E-state index >= 15 is 0 Å². The highest BCUT2D eigenvalue weighted by Crippen LogP contribution is 2.23. The fourth-order valence-electron chi connectivity index (χ4n) is 0.799. The lowest BCUT2D eigenvalue weighted by Gasteiger charge is -2.20. The highest BCUT2D eigenvalue weighted by molar-refractivity contribution is 6.06. The highest BCUT2D eigenvalue weighted by Gasteiger charge is 2.37.